The maximum absolute atomic E-state index is 8.78. The second kappa shape index (κ2) is 10.2. The molecule has 11 heteroatoms. The Balaban J connectivity index is 0.000000374. The summed E-state index contributed by atoms with van der Waals surface area (Å²) >= 11 is -3.44. The third-order valence-electron chi connectivity index (χ3n) is 1.59. The second-order valence-electron chi connectivity index (χ2n) is 3.13. The molecule has 2 rings (SSSR count). The molecule has 2 aromatic rings. The Hall–Kier alpha value is -1.53. The molecule has 2 heterocycles. The third kappa shape index (κ3) is 14.7. The molecule has 0 radical (unpaired) electrons. The normalized spacial score (nSPS) is 9.52. The summed E-state index contributed by atoms with van der Waals surface area (Å²) in [6, 6.07) is 11.6. The molecule has 0 aliphatic rings. The van der Waals surface area contributed by atoms with Gasteiger partial charge in [-0.3, -0.25) is 19.1 Å². The molecule has 0 amide bonds. The number of hydrogen-bond donors (Lipinski definition) is 4. The van der Waals surface area contributed by atoms with Crippen molar-refractivity contribution >= 4 is 10.4 Å². The van der Waals surface area contributed by atoms with Crippen LogP contribution in [-0.4, -0.2) is 35.6 Å². The van der Waals surface area contributed by atoms with Crippen LogP contribution in [0.2, 0.25) is 0 Å². The fraction of sp³-hybridized carbons (Fsp3) is 0. The molecular formula is C10H12N2O7SV. The number of rotatable bonds is 1. The number of pyridine rings is 2. The predicted octanol–water partition coefficient (Wildman–Crippen LogP) is 0.255. The molecule has 0 fully saturated rings. The van der Waals surface area contributed by atoms with Crippen molar-refractivity contribution in [3.8, 4) is 11.4 Å². The molecule has 0 spiro atoms. The van der Waals surface area contributed by atoms with Gasteiger partial charge in [0.05, 0.1) is 11.4 Å². The van der Waals surface area contributed by atoms with Crippen LogP contribution in [0.15, 0.2) is 48.8 Å². The van der Waals surface area contributed by atoms with Crippen molar-refractivity contribution in [2.24, 2.45) is 0 Å². The molecule has 21 heavy (non-hydrogen) atoms. The van der Waals surface area contributed by atoms with Gasteiger partial charge in [0, 0.05) is 12.4 Å². The average Bonchev–Trinajstić information content (AvgIpc) is 2.38. The summed E-state index contributed by atoms with van der Waals surface area (Å²) in [4.78, 5) is 8.37. The van der Waals surface area contributed by atoms with E-state index in [-0.39, 0.29) is 0 Å². The zero-order valence-corrected chi connectivity index (χ0v) is 12.6. The minimum absolute atomic E-state index is 0.915. The summed E-state index contributed by atoms with van der Waals surface area (Å²) in [5.74, 6) is 0. The van der Waals surface area contributed by atoms with Crippen molar-refractivity contribution in [1.82, 2.24) is 9.97 Å². The van der Waals surface area contributed by atoms with Gasteiger partial charge in [0.15, 0.2) is 0 Å². The van der Waals surface area contributed by atoms with Crippen LogP contribution in [-0.2, 0) is 29.9 Å². The summed E-state index contributed by atoms with van der Waals surface area (Å²) in [6.45, 7) is 0. The molecule has 0 aliphatic carbocycles. The summed E-state index contributed by atoms with van der Waals surface area (Å²) in [6.07, 6.45) is 3.54. The maximum Gasteiger partial charge on any atom is 0.0886 e. The Morgan fingerprint density at radius 2 is 1.14 bits per heavy atom. The van der Waals surface area contributed by atoms with E-state index in [0.717, 1.165) is 11.4 Å². The van der Waals surface area contributed by atoms with E-state index < -0.39 is 26.2 Å². The van der Waals surface area contributed by atoms with Gasteiger partial charge >= 0.3 is 37.9 Å². The van der Waals surface area contributed by atoms with Gasteiger partial charge in [-0.05, 0) is 24.3 Å². The molecule has 9 nitrogen and oxygen atoms in total. The van der Waals surface area contributed by atoms with E-state index in [1.165, 1.54) is 0 Å². The maximum atomic E-state index is 8.78. The fourth-order valence-electron chi connectivity index (χ4n) is 1.03. The fourth-order valence-corrected chi connectivity index (χ4v) is 1.03. The summed E-state index contributed by atoms with van der Waals surface area (Å²) < 4.78 is 54.8. The van der Waals surface area contributed by atoms with Crippen molar-refractivity contribution in [3.63, 3.8) is 0 Å². The quantitative estimate of drug-likeness (QED) is 0.526. The molecule has 4 N–H and O–H groups in total. The van der Waals surface area contributed by atoms with Gasteiger partial charge in [0.2, 0.25) is 0 Å². The van der Waals surface area contributed by atoms with E-state index in [1.54, 1.807) is 12.4 Å². The van der Waals surface area contributed by atoms with Crippen LogP contribution in [0.5, 0.6) is 0 Å². The zero-order valence-electron chi connectivity index (χ0n) is 10.4. The Morgan fingerprint density at radius 3 is 1.33 bits per heavy atom. The SMILES string of the molecule is O=S(=O)(O)O.[O]=[V]([OH])[OH].c1ccc(-c2ccccn2)nc1. The van der Waals surface area contributed by atoms with E-state index in [2.05, 4.69) is 9.97 Å². The van der Waals surface area contributed by atoms with Gasteiger partial charge in [-0.1, -0.05) is 12.1 Å². The molecule has 2 aromatic heterocycles. The first-order valence-electron chi connectivity index (χ1n) is 5.07. The van der Waals surface area contributed by atoms with Crippen LogP contribution < -0.4 is 0 Å². The van der Waals surface area contributed by atoms with Crippen LogP contribution >= 0.6 is 0 Å². The van der Waals surface area contributed by atoms with E-state index in [4.69, 9.17) is 29.3 Å². The molecule has 0 atom stereocenters. The van der Waals surface area contributed by atoms with Gasteiger partial charge < -0.3 is 0 Å². The van der Waals surface area contributed by atoms with E-state index >= 15 is 0 Å². The first kappa shape index (κ1) is 19.5. The predicted molar refractivity (Wildman–Crippen MR) is 66.8 cm³/mol. The molecule has 0 aromatic carbocycles. The van der Waals surface area contributed by atoms with Crippen molar-refractivity contribution < 1.29 is 45.1 Å². The van der Waals surface area contributed by atoms with E-state index in [1.807, 2.05) is 36.4 Å². The van der Waals surface area contributed by atoms with Gasteiger partial charge in [0.25, 0.3) is 0 Å². The van der Waals surface area contributed by atoms with Crippen LogP contribution in [0.1, 0.15) is 0 Å². The van der Waals surface area contributed by atoms with Crippen molar-refractivity contribution in [2.75, 3.05) is 0 Å². The molecule has 0 aliphatic heterocycles. The Labute approximate surface area is 126 Å². The van der Waals surface area contributed by atoms with Gasteiger partial charge in [-0.25, -0.2) is 0 Å². The summed E-state index contributed by atoms with van der Waals surface area (Å²) in [7, 11) is -4.67. The number of hydrogen-bond acceptors (Lipinski definition) is 5. The smallest absolute Gasteiger partial charge is 0.0886 e. The Morgan fingerprint density at radius 1 is 0.857 bits per heavy atom. The first-order valence-corrected chi connectivity index (χ1v) is 8.29. The molecular weight excluding hydrogens is 343 g/mol. The van der Waals surface area contributed by atoms with Gasteiger partial charge in [-0.15, -0.1) is 0 Å². The molecule has 115 valence electrons. The average molecular weight is 355 g/mol. The third-order valence-corrected chi connectivity index (χ3v) is 1.59. The molecule has 0 bridgehead atoms. The van der Waals surface area contributed by atoms with E-state index in [9.17, 15) is 0 Å². The Bertz CT molecular complexity index is 587. The van der Waals surface area contributed by atoms with Crippen molar-refractivity contribution in [1.29, 1.82) is 0 Å². The second-order valence-corrected chi connectivity index (χ2v) is 4.82. The zero-order chi connectivity index (χ0) is 16.3. The van der Waals surface area contributed by atoms with E-state index in [0.29, 0.717) is 0 Å². The largest absolute Gasteiger partial charge is 0.255 e. The number of aromatic nitrogens is 2. The van der Waals surface area contributed by atoms with Gasteiger partial charge in [-0.2, -0.15) is 8.42 Å². The molecule has 0 saturated heterocycles. The minimum Gasteiger partial charge on any atom is -0.255 e. The van der Waals surface area contributed by atoms with Crippen LogP contribution in [0.25, 0.3) is 11.4 Å². The summed E-state index contributed by atoms with van der Waals surface area (Å²) in [5, 5.41) is 0. The van der Waals surface area contributed by atoms with Crippen LogP contribution in [0.4, 0.5) is 0 Å². The van der Waals surface area contributed by atoms with Crippen molar-refractivity contribution in [3.05, 3.63) is 48.8 Å². The number of nitrogens with zero attached hydrogens (tertiary/aromatic N) is 2. The summed E-state index contributed by atoms with van der Waals surface area (Å²) in [5.41, 5.74) is 1.83. The molecule has 0 saturated carbocycles. The van der Waals surface area contributed by atoms with Crippen molar-refractivity contribution in [2.45, 2.75) is 0 Å². The minimum atomic E-state index is -4.67. The Kier molecular flexibility index (Phi) is 9.49. The van der Waals surface area contributed by atoms with Crippen LogP contribution in [0, 0.1) is 0 Å². The molecule has 0 unspecified atom stereocenters. The topological polar surface area (TPSA) is 158 Å². The standard InChI is InChI=1S/C10H8N2.H2O4S.2H2O.O.V/c1-3-7-11-9(5-1)10-6-2-4-8-12-10;1-5(2,3)4;;;;/h1-8H;(H2,1,2,3,4);2*1H2;;/q;;;;;+2/p-2. The first-order chi connectivity index (χ1) is 9.70. The monoisotopic (exact) mass is 355 g/mol. The van der Waals surface area contributed by atoms with Gasteiger partial charge in [0.1, 0.15) is 0 Å². The van der Waals surface area contributed by atoms with Crippen LogP contribution in [0.3, 0.4) is 0 Å².